The number of aliphatic carboxylic acids is 1. The molecule has 1 unspecified atom stereocenters. The normalized spacial score (nSPS) is 15.0. The predicted molar refractivity (Wildman–Crippen MR) is 81.5 cm³/mol. The van der Waals surface area contributed by atoms with Crippen LogP contribution >= 0.6 is 0 Å². The third-order valence-corrected chi connectivity index (χ3v) is 3.70. The molecule has 0 radical (unpaired) electrons. The lowest BCUT2D eigenvalue weighted by atomic mass is 10.2. The molecule has 1 N–H and O–H groups in total. The molecule has 1 fully saturated rings. The number of carbonyl (C=O) groups is 2. The van der Waals surface area contributed by atoms with E-state index in [1.54, 1.807) is 18.2 Å². The molecule has 1 aromatic carbocycles. The first kappa shape index (κ1) is 15.1. The summed E-state index contributed by atoms with van der Waals surface area (Å²) in [7, 11) is 0. The Morgan fingerprint density at radius 1 is 1.22 bits per heavy atom. The summed E-state index contributed by atoms with van der Waals surface area (Å²) in [6.45, 7) is 1.50. The highest BCUT2D eigenvalue weighted by Gasteiger charge is 2.39. The number of benzene rings is 1. The van der Waals surface area contributed by atoms with Crippen LogP contribution in [0.15, 0.2) is 46.9 Å². The van der Waals surface area contributed by atoms with Crippen LogP contribution in [-0.4, -0.2) is 34.0 Å². The van der Waals surface area contributed by atoms with Gasteiger partial charge in [-0.15, -0.1) is 0 Å². The minimum atomic E-state index is -1.03. The Kier molecular flexibility index (Phi) is 4.06. The van der Waals surface area contributed by atoms with Gasteiger partial charge in [-0.05, 0) is 38.0 Å². The van der Waals surface area contributed by atoms with Crippen molar-refractivity contribution in [2.45, 2.75) is 31.8 Å². The molecule has 0 spiro atoms. The van der Waals surface area contributed by atoms with Crippen LogP contribution in [0.2, 0.25) is 0 Å². The van der Waals surface area contributed by atoms with E-state index in [1.165, 1.54) is 17.9 Å². The zero-order valence-corrected chi connectivity index (χ0v) is 12.6. The molecule has 1 aliphatic carbocycles. The zero-order chi connectivity index (χ0) is 16.4. The van der Waals surface area contributed by atoms with Crippen LogP contribution in [0.5, 0.6) is 11.7 Å². The molecule has 6 nitrogen and oxygen atoms in total. The molecule has 3 rings (SSSR count). The monoisotopic (exact) mass is 315 g/mol. The van der Waals surface area contributed by atoms with Gasteiger partial charge in [-0.1, -0.05) is 18.2 Å². The number of hydrogen-bond acceptors (Lipinski definition) is 4. The second-order valence-electron chi connectivity index (χ2n) is 5.49. The number of amides is 1. The fourth-order valence-corrected chi connectivity index (χ4v) is 2.35. The maximum absolute atomic E-state index is 12.6. The molecule has 6 heteroatoms. The van der Waals surface area contributed by atoms with Crippen molar-refractivity contribution in [2.24, 2.45) is 0 Å². The van der Waals surface area contributed by atoms with Crippen molar-refractivity contribution in [3.05, 3.63) is 48.2 Å². The quantitative estimate of drug-likeness (QED) is 0.885. The molecule has 1 aliphatic rings. The molecule has 1 atom stereocenters. The number of para-hydroxylation sites is 1. The third-order valence-electron chi connectivity index (χ3n) is 3.70. The lowest BCUT2D eigenvalue weighted by Gasteiger charge is -2.25. The number of nitrogens with zero attached hydrogens (tertiary/aromatic N) is 1. The van der Waals surface area contributed by atoms with Crippen LogP contribution in [0.1, 0.15) is 30.3 Å². The Hall–Kier alpha value is -2.76. The summed E-state index contributed by atoms with van der Waals surface area (Å²) in [5.41, 5.74) is 0. The summed E-state index contributed by atoms with van der Waals surface area (Å²) in [4.78, 5) is 25.1. The van der Waals surface area contributed by atoms with E-state index in [1.807, 2.05) is 18.2 Å². The van der Waals surface area contributed by atoms with Crippen molar-refractivity contribution >= 4 is 11.9 Å². The van der Waals surface area contributed by atoms with Crippen molar-refractivity contribution in [3.8, 4) is 11.7 Å². The number of rotatable bonds is 6. The van der Waals surface area contributed by atoms with E-state index in [4.69, 9.17) is 9.15 Å². The van der Waals surface area contributed by atoms with Gasteiger partial charge in [0.2, 0.25) is 0 Å². The Morgan fingerprint density at radius 3 is 2.52 bits per heavy atom. The maximum Gasteiger partial charge on any atom is 0.326 e. The van der Waals surface area contributed by atoms with E-state index in [2.05, 4.69) is 0 Å². The summed E-state index contributed by atoms with van der Waals surface area (Å²) in [6.07, 6.45) is 1.63. The number of carboxylic acids is 1. The van der Waals surface area contributed by atoms with Gasteiger partial charge in [0.25, 0.3) is 11.9 Å². The predicted octanol–water partition coefficient (Wildman–Crippen LogP) is 3.15. The second-order valence-corrected chi connectivity index (χ2v) is 5.49. The molecule has 0 bridgehead atoms. The van der Waals surface area contributed by atoms with Gasteiger partial charge in [0, 0.05) is 12.1 Å². The number of carbonyl (C=O) groups excluding carboxylic acids is 1. The average molecular weight is 315 g/mol. The van der Waals surface area contributed by atoms with Gasteiger partial charge in [-0.2, -0.15) is 0 Å². The third kappa shape index (κ3) is 3.36. The standard InChI is InChI=1S/C17H17NO5/c1-11(17(20)21)18(12-7-8-12)16(19)14-9-10-15(23-14)22-13-5-3-2-4-6-13/h2-6,9-12H,7-8H2,1H3,(H,20,21). The highest BCUT2D eigenvalue weighted by Crippen LogP contribution is 2.31. The summed E-state index contributed by atoms with van der Waals surface area (Å²) in [5, 5.41) is 9.18. The van der Waals surface area contributed by atoms with Gasteiger partial charge in [0.15, 0.2) is 5.76 Å². The summed E-state index contributed by atoms with van der Waals surface area (Å²) in [6, 6.07) is 11.2. The Bertz CT molecular complexity index is 705. The average Bonchev–Trinajstić information content (AvgIpc) is 3.26. The fourth-order valence-electron chi connectivity index (χ4n) is 2.35. The van der Waals surface area contributed by atoms with Crippen LogP contribution < -0.4 is 4.74 Å². The Labute approximate surface area is 133 Å². The highest BCUT2D eigenvalue weighted by atomic mass is 16.6. The molecule has 1 saturated carbocycles. The van der Waals surface area contributed by atoms with Gasteiger partial charge in [-0.3, -0.25) is 4.79 Å². The van der Waals surface area contributed by atoms with Crippen molar-refractivity contribution in [1.82, 2.24) is 4.90 Å². The number of hydrogen-bond donors (Lipinski definition) is 1. The van der Waals surface area contributed by atoms with Gasteiger partial charge >= 0.3 is 5.97 Å². The molecule has 23 heavy (non-hydrogen) atoms. The topological polar surface area (TPSA) is 80.0 Å². The smallest absolute Gasteiger partial charge is 0.326 e. The minimum absolute atomic E-state index is 0.0304. The Morgan fingerprint density at radius 2 is 1.91 bits per heavy atom. The van der Waals surface area contributed by atoms with Gasteiger partial charge in [0.05, 0.1) is 0 Å². The first-order valence-electron chi connectivity index (χ1n) is 7.44. The SMILES string of the molecule is CC(C(=O)O)N(C(=O)c1ccc(Oc2ccccc2)o1)C1CC1. The summed E-state index contributed by atoms with van der Waals surface area (Å²) in [5.74, 6) is -0.587. The highest BCUT2D eigenvalue weighted by molar-refractivity contribution is 5.94. The molecule has 2 aromatic rings. The number of ether oxygens (including phenoxy) is 1. The summed E-state index contributed by atoms with van der Waals surface area (Å²) < 4.78 is 11.0. The lowest BCUT2D eigenvalue weighted by molar-refractivity contribution is -0.141. The van der Waals surface area contributed by atoms with Crippen molar-refractivity contribution in [3.63, 3.8) is 0 Å². The number of carboxylic acid groups (broad SMARTS) is 1. The van der Waals surface area contributed by atoms with E-state index >= 15 is 0 Å². The van der Waals surface area contributed by atoms with Gasteiger partial charge in [0.1, 0.15) is 11.8 Å². The van der Waals surface area contributed by atoms with Crippen molar-refractivity contribution < 1.29 is 23.8 Å². The lowest BCUT2D eigenvalue weighted by Crippen LogP contribution is -2.44. The molecule has 0 saturated heterocycles. The molecule has 0 aliphatic heterocycles. The van der Waals surface area contributed by atoms with Gasteiger partial charge in [-0.25, -0.2) is 4.79 Å². The number of furan rings is 1. The van der Waals surface area contributed by atoms with E-state index in [9.17, 15) is 14.7 Å². The van der Waals surface area contributed by atoms with E-state index in [0.717, 1.165) is 12.8 Å². The van der Waals surface area contributed by atoms with E-state index in [0.29, 0.717) is 5.75 Å². The molecule has 1 heterocycles. The second kappa shape index (κ2) is 6.16. The van der Waals surface area contributed by atoms with Crippen molar-refractivity contribution in [1.29, 1.82) is 0 Å². The molecule has 1 aromatic heterocycles. The van der Waals surface area contributed by atoms with E-state index in [-0.39, 0.29) is 17.7 Å². The van der Waals surface area contributed by atoms with Crippen molar-refractivity contribution in [2.75, 3.05) is 0 Å². The molecular weight excluding hydrogens is 298 g/mol. The largest absolute Gasteiger partial charge is 0.480 e. The fraction of sp³-hybridized carbons (Fsp3) is 0.294. The maximum atomic E-state index is 12.6. The van der Waals surface area contributed by atoms with Gasteiger partial charge < -0.3 is 19.2 Å². The Balaban J connectivity index is 1.76. The van der Waals surface area contributed by atoms with Crippen LogP contribution in [0.25, 0.3) is 0 Å². The first-order valence-corrected chi connectivity index (χ1v) is 7.44. The van der Waals surface area contributed by atoms with Crippen LogP contribution in [0, 0.1) is 0 Å². The zero-order valence-electron chi connectivity index (χ0n) is 12.6. The molecular formula is C17H17NO5. The van der Waals surface area contributed by atoms with E-state index < -0.39 is 17.9 Å². The summed E-state index contributed by atoms with van der Waals surface area (Å²) >= 11 is 0. The first-order chi connectivity index (χ1) is 11.1. The minimum Gasteiger partial charge on any atom is -0.480 e. The van der Waals surface area contributed by atoms with Crippen LogP contribution in [0.4, 0.5) is 0 Å². The van der Waals surface area contributed by atoms with Crippen LogP contribution in [0.3, 0.4) is 0 Å². The molecule has 120 valence electrons. The van der Waals surface area contributed by atoms with Crippen LogP contribution in [-0.2, 0) is 4.79 Å². The molecule has 1 amide bonds.